The molecule has 0 aromatic heterocycles. The van der Waals surface area contributed by atoms with Crippen LogP contribution < -0.4 is 14.2 Å². The molecule has 0 saturated carbocycles. The summed E-state index contributed by atoms with van der Waals surface area (Å²) < 4.78 is 22.7. The zero-order valence-corrected chi connectivity index (χ0v) is 19.7. The highest BCUT2D eigenvalue weighted by Crippen LogP contribution is 2.42. The van der Waals surface area contributed by atoms with Crippen LogP contribution in [0.2, 0.25) is 0 Å². The minimum absolute atomic E-state index is 0.0481. The van der Waals surface area contributed by atoms with Crippen LogP contribution in [0.3, 0.4) is 0 Å². The van der Waals surface area contributed by atoms with Crippen LogP contribution in [-0.4, -0.2) is 60.8 Å². The van der Waals surface area contributed by atoms with Crippen LogP contribution in [-0.2, 0) is 14.3 Å². The lowest BCUT2D eigenvalue weighted by molar-refractivity contribution is -0.140. The predicted octanol–water partition coefficient (Wildman–Crippen LogP) is 3.85. The van der Waals surface area contributed by atoms with E-state index in [0.717, 1.165) is 19.3 Å². The first-order valence-electron chi connectivity index (χ1n) is 12.1. The first-order chi connectivity index (χ1) is 17.1. The van der Waals surface area contributed by atoms with Crippen LogP contribution >= 0.6 is 0 Å². The molecule has 3 aliphatic rings. The Hall–Kier alpha value is -3.52. The molecule has 184 valence electrons. The largest absolute Gasteiger partial charge is 0.507 e. The highest BCUT2D eigenvalue weighted by Gasteiger charge is 2.47. The molecule has 2 atom stereocenters. The number of rotatable bonds is 7. The quantitative estimate of drug-likeness (QED) is 0.366. The number of aliphatic hydroxyl groups is 1. The summed E-state index contributed by atoms with van der Waals surface area (Å²) in [6.07, 6.45) is 2.48. The summed E-state index contributed by atoms with van der Waals surface area (Å²) in [4.78, 5) is 27.9. The van der Waals surface area contributed by atoms with Crippen molar-refractivity contribution in [2.75, 3.05) is 33.0 Å². The molecule has 2 aromatic rings. The molecule has 5 rings (SSSR count). The number of amides is 1. The average Bonchev–Trinajstić information content (AvgIpc) is 3.49. The standard InChI is InChI=1S/C27H29NO7/c1-2-11-32-19-8-5-17(6-9-19)24-23(26(30)27(31)28(24)16-20-4-3-12-33-20)25(29)18-7-10-21-22(15-18)35-14-13-34-21/h5-10,15,20,24,29H,2-4,11-14,16H2,1H3/b25-23-. The van der Waals surface area contributed by atoms with E-state index < -0.39 is 17.7 Å². The number of aliphatic hydroxyl groups excluding tert-OH is 1. The molecular formula is C27H29NO7. The Morgan fingerprint density at radius 3 is 2.54 bits per heavy atom. The van der Waals surface area contributed by atoms with Crippen LogP contribution in [0.1, 0.15) is 43.4 Å². The molecule has 3 aliphatic heterocycles. The smallest absolute Gasteiger partial charge is 0.295 e. The van der Waals surface area contributed by atoms with Crippen LogP contribution in [0.4, 0.5) is 0 Å². The van der Waals surface area contributed by atoms with Gasteiger partial charge in [-0.3, -0.25) is 9.59 Å². The Kier molecular flexibility index (Phi) is 6.63. The van der Waals surface area contributed by atoms with Gasteiger partial charge in [-0.15, -0.1) is 0 Å². The van der Waals surface area contributed by atoms with E-state index >= 15 is 0 Å². The van der Waals surface area contributed by atoms with Crippen molar-refractivity contribution in [2.24, 2.45) is 0 Å². The van der Waals surface area contributed by atoms with Gasteiger partial charge in [-0.25, -0.2) is 0 Å². The molecular weight excluding hydrogens is 450 g/mol. The molecule has 2 fully saturated rings. The minimum atomic E-state index is -0.743. The van der Waals surface area contributed by atoms with Crippen molar-refractivity contribution in [3.63, 3.8) is 0 Å². The van der Waals surface area contributed by atoms with Gasteiger partial charge in [0, 0.05) is 18.7 Å². The van der Waals surface area contributed by atoms with Crippen LogP contribution in [0.25, 0.3) is 5.76 Å². The predicted molar refractivity (Wildman–Crippen MR) is 128 cm³/mol. The van der Waals surface area contributed by atoms with Crippen molar-refractivity contribution in [3.8, 4) is 17.2 Å². The molecule has 0 bridgehead atoms. The lowest BCUT2D eigenvalue weighted by Gasteiger charge is -2.27. The number of ether oxygens (including phenoxy) is 4. The monoisotopic (exact) mass is 479 g/mol. The lowest BCUT2D eigenvalue weighted by Crippen LogP contribution is -2.36. The third kappa shape index (κ3) is 4.58. The maximum Gasteiger partial charge on any atom is 0.295 e. The van der Waals surface area contributed by atoms with E-state index in [1.807, 2.05) is 31.2 Å². The Bertz CT molecular complexity index is 1130. The van der Waals surface area contributed by atoms with Crippen molar-refractivity contribution < 1.29 is 33.6 Å². The van der Waals surface area contributed by atoms with Gasteiger partial charge in [0.15, 0.2) is 11.5 Å². The Morgan fingerprint density at radius 1 is 1.06 bits per heavy atom. The van der Waals surface area contributed by atoms with Gasteiger partial charge in [0.25, 0.3) is 11.7 Å². The summed E-state index contributed by atoms with van der Waals surface area (Å²) in [5, 5.41) is 11.3. The number of hydrogen-bond acceptors (Lipinski definition) is 7. The SMILES string of the molecule is CCCOc1ccc(C2/C(=C(/O)c3ccc4c(c3)OCCO4)C(=O)C(=O)N2CC2CCCO2)cc1. The number of likely N-dealkylation sites (tertiary alicyclic amines) is 1. The third-order valence-electron chi connectivity index (χ3n) is 6.45. The number of nitrogens with zero attached hydrogens (tertiary/aromatic N) is 1. The Morgan fingerprint density at radius 2 is 1.83 bits per heavy atom. The molecule has 0 aliphatic carbocycles. The highest BCUT2D eigenvalue weighted by atomic mass is 16.6. The van der Waals surface area contributed by atoms with Gasteiger partial charge >= 0.3 is 0 Å². The molecule has 8 heteroatoms. The molecule has 2 saturated heterocycles. The van der Waals surface area contributed by atoms with Crippen molar-refractivity contribution in [2.45, 2.75) is 38.3 Å². The minimum Gasteiger partial charge on any atom is -0.507 e. The molecule has 2 aromatic carbocycles. The number of carbonyl (C=O) groups excluding carboxylic acids is 2. The third-order valence-corrected chi connectivity index (χ3v) is 6.45. The normalized spacial score (nSPS) is 23.1. The molecule has 0 spiro atoms. The second kappa shape index (κ2) is 10.00. The topological polar surface area (TPSA) is 94.5 Å². The van der Waals surface area contributed by atoms with E-state index in [2.05, 4.69) is 0 Å². The summed E-state index contributed by atoms with van der Waals surface area (Å²) in [5.41, 5.74) is 1.15. The second-order valence-corrected chi connectivity index (χ2v) is 8.86. The van der Waals surface area contributed by atoms with E-state index in [1.165, 1.54) is 4.90 Å². The van der Waals surface area contributed by atoms with Gasteiger partial charge in [0.05, 0.1) is 24.3 Å². The molecule has 1 N–H and O–H groups in total. The Labute approximate surface area is 204 Å². The van der Waals surface area contributed by atoms with E-state index in [4.69, 9.17) is 18.9 Å². The lowest BCUT2D eigenvalue weighted by atomic mass is 9.95. The van der Waals surface area contributed by atoms with Gasteiger partial charge in [-0.2, -0.15) is 0 Å². The van der Waals surface area contributed by atoms with Crippen molar-refractivity contribution in [3.05, 3.63) is 59.2 Å². The van der Waals surface area contributed by atoms with Gasteiger partial charge in [-0.1, -0.05) is 19.1 Å². The summed E-state index contributed by atoms with van der Waals surface area (Å²) >= 11 is 0. The van der Waals surface area contributed by atoms with Crippen LogP contribution in [0.15, 0.2) is 48.0 Å². The molecule has 3 heterocycles. The summed E-state index contributed by atoms with van der Waals surface area (Å²) in [7, 11) is 0. The van der Waals surface area contributed by atoms with Gasteiger partial charge in [0.1, 0.15) is 24.7 Å². The first-order valence-corrected chi connectivity index (χ1v) is 12.1. The molecule has 8 nitrogen and oxygen atoms in total. The van der Waals surface area contributed by atoms with Gasteiger partial charge < -0.3 is 29.0 Å². The van der Waals surface area contributed by atoms with Crippen LogP contribution in [0, 0.1) is 0 Å². The van der Waals surface area contributed by atoms with E-state index in [9.17, 15) is 14.7 Å². The summed E-state index contributed by atoms with van der Waals surface area (Å²) in [6, 6.07) is 11.6. The second-order valence-electron chi connectivity index (χ2n) is 8.86. The molecule has 1 amide bonds. The summed E-state index contributed by atoms with van der Waals surface area (Å²) in [6.45, 7) is 4.40. The molecule has 35 heavy (non-hydrogen) atoms. The number of carbonyl (C=O) groups is 2. The van der Waals surface area contributed by atoms with Gasteiger partial charge in [-0.05, 0) is 55.2 Å². The van der Waals surface area contributed by atoms with Gasteiger partial charge in [0.2, 0.25) is 0 Å². The fraction of sp³-hybridized carbons (Fsp3) is 0.407. The van der Waals surface area contributed by atoms with E-state index in [1.54, 1.807) is 18.2 Å². The number of fused-ring (bicyclic) bond motifs is 1. The zero-order valence-electron chi connectivity index (χ0n) is 19.7. The van der Waals surface area contributed by atoms with E-state index in [-0.39, 0.29) is 24.0 Å². The maximum absolute atomic E-state index is 13.3. The number of hydrogen-bond donors (Lipinski definition) is 1. The number of ketones is 1. The van der Waals surface area contributed by atoms with Crippen molar-refractivity contribution in [1.82, 2.24) is 4.90 Å². The molecule has 2 unspecified atom stereocenters. The Balaban J connectivity index is 1.55. The average molecular weight is 480 g/mol. The fourth-order valence-corrected chi connectivity index (χ4v) is 4.74. The summed E-state index contributed by atoms with van der Waals surface area (Å²) in [5.74, 6) is 0.168. The fourth-order valence-electron chi connectivity index (χ4n) is 4.74. The van der Waals surface area contributed by atoms with Crippen molar-refractivity contribution >= 4 is 17.4 Å². The van der Waals surface area contributed by atoms with E-state index in [0.29, 0.717) is 54.8 Å². The first kappa shape index (κ1) is 23.2. The maximum atomic E-state index is 13.3. The highest BCUT2D eigenvalue weighted by molar-refractivity contribution is 6.46. The molecule has 0 radical (unpaired) electrons. The van der Waals surface area contributed by atoms with Crippen molar-refractivity contribution in [1.29, 1.82) is 0 Å². The zero-order chi connectivity index (χ0) is 24.4. The number of Topliss-reactive ketones (excluding diaryl/α,β-unsaturated/α-hetero) is 1. The number of benzene rings is 2. The van der Waals surface area contributed by atoms with Crippen LogP contribution in [0.5, 0.6) is 17.2 Å².